The van der Waals surface area contributed by atoms with Crippen molar-refractivity contribution in [3.63, 3.8) is 0 Å². The fourth-order valence-corrected chi connectivity index (χ4v) is 2.45. The fraction of sp³-hybridized carbons (Fsp3) is 0.700. The number of amides is 1. The van der Waals surface area contributed by atoms with E-state index in [2.05, 4.69) is 15.5 Å². The summed E-state index contributed by atoms with van der Waals surface area (Å²) in [6.45, 7) is 2.02. The molecule has 5 heteroatoms. The van der Waals surface area contributed by atoms with Crippen LogP contribution in [0.15, 0.2) is 10.1 Å². The van der Waals surface area contributed by atoms with Crippen LogP contribution in [-0.2, 0) is 4.79 Å². The molecular formula is C10H14N3OS. The lowest BCUT2D eigenvalue weighted by molar-refractivity contribution is -0.121. The van der Waals surface area contributed by atoms with Crippen molar-refractivity contribution < 1.29 is 4.79 Å². The molecule has 0 aromatic heterocycles. The lowest BCUT2D eigenvalue weighted by atomic mass is 10.1. The van der Waals surface area contributed by atoms with Gasteiger partial charge in [-0.1, -0.05) is 19.8 Å². The van der Waals surface area contributed by atoms with Crippen LogP contribution in [0.25, 0.3) is 0 Å². The minimum absolute atomic E-state index is 0.00805. The summed E-state index contributed by atoms with van der Waals surface area (Å²) in [6, 6.07) is 0. The lowest BCUT2D eigenvalue weighted by Crippen LogP contribution is -2.11. The molecule has 1 aliphatic heterocycles. The molecule has 0 N–H and O–H groups in total. The smallest absolute Gasteiger partial charge is 0.251 e. The third kappa shape index (κ3) is 2.59. The molecule has 2 aliphatic rings. The van der Waals surface area contributed by atoms with Gasteiger partial charge < -0.3 is 0 Å². The topological polar surface area (TPSA) is 55.9 Å². The largest absolute Gasteiger partial charge is 0.272 e. The highest BCUT2D eigenvalue weighted by atomic mass is 32.2. The summed E-state index contributed by atoms with van der Waals surface area (Å²) in [7, 11) is 0. The van der Waals surface area contributed by atoms with Crippen LogP contribution in [-0.4, -0.2) is 16.1 Å². The summed E-state index contributed by atoms with van der Waals surface area (Å²) in [5, 5.41) is 5.39. The predicted molar refractivity (Wildman–Crippen MR) is 61.9 cm³/mol. The summed E-state index contributed by atoms with van der Waals surface area (Å²) in [6.07, 6.45) is 5.14. The van der Waals surface area contributed by atoms with Crippen molar-refractivity contribution in [2.75, 3.05) is 0 Å². The molecule has 0 saturated heterocycles. The molecule has 1 heterocycles. The Morgan fingerprint density at radius 2 is 2.27 bits per heavy atom. The van der Waals surface area contributed by atoms with Crippen molar-refractivity contribution in [3.8, 4) is 0 Å². The van der Waals surface area contributed by atoms with Crippen molar-refractivity contribution in [2.45, 2.75) is 39.0 Å². The molecule has 4 nitrogen and oxygen atoms in total. The highest BCUT2D eigenvalue weighted by Gasteiger charge is 2.24. The van der Waals surface area contributed by atoms with E-state index in [1.807, 2.05) is 6.92 Å². The Bertz CT molecular complexity index is 319. The number of carbonyl (C=O) groups excluding carboxylic acids is 1. The van der Waals surface area contributed by atoms with Crippen LogP contribution < -0.4 is 5.43 Å². The number of thioether (sulfide) groups is 1. The summed E-state index contributed by atoms with van der Waals surface area (Å²) >= 11 is 1.41. The second-order valence-electron chi connectivity index (χ2n) is 3.76. The molecule has 0 unspecified atom stereocenters. The van der Waals surface area contributed by atoms with Crippen LogP contribution in [0.4, 0.5) is 0 Å². The van der Waals surface area contributed by atoms with E-state index in [4.69, 9.17) is 0 Å². The summed E-state index contributed by atoms with van der Waals surface area (Å²) in [5.74, 6) is 0.130. The van der Waals surface area contributed by atoms with Gasteiger partial charge in [0.05, 0.1) is 0 Å². The van der Waals surface area contributed by atoms with E-state index in [1.165, 1.54) is 11.8 Å². The van der Waals surface area contributed by atoms with Gasteiger partial charge in [-0.25, -0.2) is 0 Å². The van der Waals surface area contributed by atoms with Crippen molar-refractivity contribution >= 4 is 27.9 Å². The molecule has 1 amide bonds. The van der Waals surface area contributed by atoms with Gasteiger partial charge in [0.25, 0.3) is 5.91 Å². The Morgan fingerprint density at radius 1 is 1.53 bits per heavy atom. The molecule has 0 bridgehead atoms. The Morgan fingerprint density at radius 3 is 2.87 bits per heavy atom. The number of hydrogen-bond acceptors (Lipinski definition) is 3. The summed E-state index contributed by atoms with van der Waals surface area (Å²) in [5.41, 5.74) is 3.88. The molecule has 2 rings (SSSR count). The van der Waals surface area contributed by atoms with Gasteiger partial charge in [0, 0.05) is 5.92 Å². The maximum absolute atomic E-state index is 11.7. The zero-order chi connectivity index (χ0) is 10.7. The van der Waals surface area contributed by atoms with E-state index in [0.29, 0.717) is 5.17 Å². The van der Waals surface area contributed by atoms with Crippen molar-refractivity contribution in [2.24, 2.45) is 16.0 Å². The second kappa shape index (κ2) is 4.79. The molecule has 0 atom stereocenters. The molecule has 1 radical (unpaired) electrons. The summed E-state index contributed by atoms with van der Waals surface area (Å²) < 4.78 is 0. The molecule has 0 aromatic rings. The van der Waals surface area contributed by atoms with Gasteiger partial charge in [-0.2, -0.15) is 4.99 Å². The quantitative estimate of drug-likeness (QED) is 0.721. The fourth-order valence-electron chi connectivity index (χ4n) is 1.79. The highest BCUT2D eigenvalue weighted by Crippen LogP contribution is 2.26. The van der Waals surface area contributed by atoms with Gasteiger partial charge in [-0.05, 0) is 31.0 Å². The van der Waals surface area contributed by atoms with E-state index in [-0.39, 0.29) is 11.8 Å². The maximum Gasteiger partial charge on any atom is 0.251 e. The van der Waals surface area contributed by atoms with Gasteiger partial charge in [0.2, 0.25) is 5.17 Å². The monoisotopic (exact) mass is 224 g/mol. The van der Waals surface area contributed by atoms with Crippen LogP contribution in [0.3, 0.4) is 0 Å². The number of nitrogens with zero attached hydrogens (tertiary/aromatic N) is 3. The van der Waals surface area contributed by atoms with Gasteiger partial charge in [-0.15, -0.1) is 10.5 Å². The number of rotatable bonds is 2. The van der Waals surface area contributed by atoms with E-state index in [9.17, 15) is 4.79 Å². The first-order chi connectivity index (χ1) is 7.29. The third-order valence-corrected chi connectivity index (χ3v) is 3.63. The van der Waals surface area contributed by atoms with Crippen LogP contribution in [0.1, 0.15) is 39.0 Å². The van der Waals surface area contributed by atoms with Crippen molar-refractivity contribution in [3.05, 3.63) is 0 Å². The van der Waals surface area contributed by atoms with Crippen LogP contribution >= 0.6 is 11.8 Å². The van der Waals surface area contributed by atoms with Crippen LogP contribution in [0, 0.1) is 5.92 Å². The standard InChI is InChI=1S/C10H14N3OS/c1-2-8-12-13-10(15-8)11-9(14)7-5-3-4-6-7/h7H,2-6H2,1H3. The normalized spacial score (nSPS) is 24.3. The molecule has 15 heavy (non-hydrogen) atoms. The summed E-state index contributed by atoms with van der Waals surface area (Å²) in [4.78, 5) is 15.7. The van der Waals surface area contributed by atoms with Crippen molar-refractivity contribution in [1.29, 1.82) is 0 Å². The first kappa shape index (κ1) is 10.7. The third-order valence-electron chi connectivity index (χ3n) is 2.67. The average Bonchev–Trinajstić information content (AvgIpc) is 2.87. The minimum atomic E-state index is -0.00805. The maximum atomic E-state index is 11.7. The Hall–Kier alpha value is -0.840. The van der Waals surface area contributed by atoms with Gasteiger partial charge in [-0.3, -0.25) is 4.79 Å². The molecule has 1 fully saturated rings. The molecule has 81 valence electrons. The highest BCUT2D eigenvalue weighted by molar-refractivity contribution is 8.26. The predicted octanol–water partition coefficient (Wildman–Crippen LogP) is 2.13. The van der Waals surface area contributed by atoms with Gasteiger partial charge in [0.1, 0.15) is 5.04 Å². The van der Waals surface area contributed by atoms with Gasteiger partial charge in [0.15, 0.2) is 0 Å². The zero-order valence-electron chi connectivity index (χ0n) is 8.77. The minimum Gasteiger partial charge on any atom is -0.272 e. The van der Waals surface area contributed by atoms with Crippen LogP contribution in [0.2, 0.25) is 0 Å². The first-order valence-electron chi connectivity index (χ1n) is 5.37. The van der Waals surface area contributed by atoms with E-state index >= 15 is 0 Å². The zero-order valence-corrected chi connectivity index (χ0v) is 9.59. The molecule has 0 spiro atoms. The molecule has 1 aliphatic carbocycles. The number of amidine groups is 1. The number of hydrogen-bond donors (Lipinski definition) is 0. The van der Waals surface area contributed by atoms with Gasteiger partial charge >= 0.3 is 0 Å². The van der Waals surface area contributed by atoms with E-state index in [1.54, 1.807) is 0 Å². The van der Waals surface area contributed by atoms with Crippen molar-refractivity contribution in [1.82, 2.24) is 5.43 Å². The first-order valence-corrected chi connectivity index (χ1v) is 6.19. The second-order valence-corrected chi connectivity index (χ2v) is 4.80. The Balaban J connectivity index is 1.91. The van der Waals surface area contributed by atoms with E-state index < -0.39 is 0 Å². The lowest BCUT2D eigenvalue weighted by Gasteiger charge is -2.01. The van der Waals surface area contributed by atoms with E-state index in [0.717, 1.165) is 37.1 Å². The Labute approximate surface area is 93.6 Å². The molecule has 1 saturated carbocycles. The number of aliphatic imine (C=N–C) groups is 1. The molecular weight excluding hydrogens is 210 g/mol. The SMILES string of the molecule is CCC1=N[N]C(=NC(=O)C2CCCC2)S1. The number of carbonyl (C=O) groups is 1. The Kier molecular flexibility index (Phi) is 3.41. The average molecular weight is 224 g/mol. The molecule has 0 aromatic carbocycles. The van der Waals surface area contributed by atoms with Crippen LogP contribution in [0.5, 0.6) is 0 Å².